The van der Waals surface area contributed by atoms with Gasteiger partial charge in [-0.2, -0.15) is 0 Å². The third-order valence-corrected chi connectivity index (χ3v) is 4.40. The Morgan fingerprint density at radius 3 is 2.70 bits per heavy atom. The number of anilines is 1. The van der Waals surface area contributed by atoms with Gasteiger partial charge in [0.25, 0.3) is 0 Å². The number of nitrogens with zero attached hydrogens (tertiary/aromatic N) is 1. The van der Waals surface area contributed by atoms with E-state index in [0.29, 0.717) is 0 Å². The molecule has 1 aliphatic heterocycles. The summed E-state index contributed by atoms with van der Waals surface area (Å²) in [6.07, 6.45) is 2.63. The maximum Gasteiger partial charge on any atom is 0.322 e. The van der Waals surface area contributed by atoms with Gasteiger partial charge in [-0.15, -0.1) is 0 Å². The van der Waals surface area contributed by atoms with Crippen molar-refractivity contribution in [1.29, 1.82) is 0 Å². The summed E-state index contributed by atoms with van der Waals surface area (Å²) in [6.45, 7) is 6.43. The van der Waals surface area contributed by atoms with Crippen molar-refractivity contribution in [3.63, 3.8) is 0 Å². The quantitative estimate of drug-likeness (QED) is 0.904. The maximum absolute atomic E-state index is 12.4. The first-order valence-electron chi connectivity index (χ1n) is 8.26. The van der Waals surface area contributed by atoms with E-state index in [4.69, 9.17) is 4.42 Å². The summed E-state index contributed by atoms with van der Waals surface area (Å²) in [5.74, 6) is 1.01. The van der Waals surface area contributed by atoms with Crippen molar-refractivity contribution >= 4 is 11.7 Å². The lowest BCUT2D eigenvalue weighted by atomic mass is 10.1. The number of quaternary nitrogens is 1. The van der Waals surface area contributed by atoms with Crippen LogP contribution in [-0.4, -0.2) is 37.1 Å². The number of aryl methyl sites for hydroxylation is 1. The molecule has 2 amide bonds. The normalized spacial score (nSPS) is 15.6. The highest BCUT2D eigenvalue weighted by Crippen LogP contribution is 2.16. The van der Waals surface area contributed by atoms with Crippen molar-refractivity contribution < 1.29 is 14.1 Å². The predicted molar refractivity (Wildman–Crippen MR) is 89.5 cm³/mol. The van der Waals surface area contributed by atoms with E-state index < -0.39 is 0 Å². The summed E-state index contributed by atoms with van der Waals surface area (Å²) in [7, 11) is 0. The van der Waals surface area contributed by atoms with Gasteiger partial charge in [-0.25, -0.2) is 4.79 Å². The summed E-state index contributed by atoms with van der Waals surface area (Å²) in [6, 6.07) is 11.9. The first-order chi connectivity index (χ1) is 11.3. The van der Waals surface area contributed by atoms with Crippen molar-refractivity contribution in [3.05, 3.63) is 54.0 Å². The van der Waals surface area contributed by atoms with Crippen LogP contribution in [-0.2, 0) is 13.0 Å². The molecule has 1 aromatic heterocycles. The van der Waals surface area contributed by atoms with Crippen LogP contribution in [0.5, 0.6) is 0 Å². The number of carbonyl (C=O) groups excluding carboxylic acids is 1. The zero-order valence-electron chi connectivity index (χ0n) is 13.5. The molecule has 0 bridgehead atoms. The Kier molecular flexibility index (Phi) is 4.98. The van der Waals surface area contributed by atoms with Gasteiger partial charge in [0, 0.05) is 5.69 Å². The molecule has 0 unspecified atom stereocenters. The molecule has 1 fully saturated rings. The number of furan rings is 1. The number of para-hydroxylation sites is 1. The zero-order valence-corrected chi connectivity index (χ0v) is 13.5. The van der Waals surface area contributed by atoms with Gasteiger partial charge in [0.05, 0.1) is 32.4 Å². The molecular formula is C18H24N3O2+. The highest BCUT2D eigenvalue weighted by atomic mass is 16.3. The number of urea groups is 1. The first kappa shape index (κ1) is 15.6. The van der Waals surface area contributed by atoms with Crippen LogP contribution in [0.25, 0.3) is 0 Å². The molecule has 0 spiro atoms. The second kappa shape index (κ2) is 7.33. The Hall–Kier alpha value is -2.27. The van der Waals surface area contributed by atoms with E-state index in [1.165, 1.54) is 10.5 Å². The Balaban J connectivity index is 1.52. The van der Waals surface area contributed by atoms with Gasteiger partial charge in [0.2, 0.25) is 0 Å². The molecule has 23 heavy (non-hydrogen) atoms. The number of nitrogens with one attached hydrogen (secondary N) is 2. The minimum atomic E-state index is 0.00273. The Labute approximate surface area is 136 Å². The van der Waals surface area contributed by atoms with Crippen LogP contribution in [0, 0.1) is 0 Å². The number of carbonyl (C=O) groups is 1. The third-order valence-electron chi connectivity index (χ3n) is 4.40. The minimum Gasteiger partial charge on any atom is -0.463 e. The Morgan fingerprint density at radius 2 is 2.00 bits per heavy atom. The van der Waals surface area contributed by atoms with E-state index in [-0.39, 0.29) is 6.03 Å². The molecule has 1 saturated heterocycles. The number of benzene rings is 1. The van der Waals surface area contributed by atoms with Crippen molar-refractivity contribution in [3.8, 4) is 0 Å². The average molecular weight is 314 g/mol. The largest absolute Gasteiger partial charge is 0.463 e. The summed E-state index contributed by atoms with van der Waals surface area (Å²) >= 11 is 0. The van der Waals surface area contributed by atoms with E-state index in [2.05, 4.69) is 18.3 Å². The Morgan fingerprint density at radius 1 is 1.22 bits per heavy atom. The molecule has 2 heterocycles. The Bertz CT molecular complexity index is 631. The van der Waals surface area contributed by atoms with E-state index in [1.807, 2.05) is 35.2 Å². The van der Waals surface area contributed by atoms with Crippen LogP contribution in [0.3, 0.4) is 0 Å². The lowest BCUT2D eigenvalue weighted by Gasteiger charge is -2.32. The topological polar surface area (TPSA) is 49.9 Å². The summed E-state index contributed by atoms with van der Waals surface area (Å²) in [5.41, 5.74) is 2.09. The van der Waals surface area contributed by atoms with Crippen LogP contribution in [0.1, 0.15) is 18.2 Å². The van der Waals surface area contributed by atoms with E-state index in [1.54, 1.807) is 6.26 Å². The lowest BCUT2D eigenvalue weighted by Crippen LogP contribution is -3.13. The predicted octanol–water partition coefficient (Wildman–Crippen LogP) is 1.77. The fraction of sp³-hybridized carbons (Fsp3) is 0.389. The van der Waals surface area contributed by atoms with Crippen molar-refractivity contribution in [2.45, 2.75) is 19.9 Å². The van der Waals surface area contributed by atoms with Crippen LogP contribution >= 0.6 is 0 Å². The maximum atomic E-state index is 12.4. The molecule has 0 aliphatic carbocycles. The SMILES string of the molecule is CCc1ccccc1NC(=O)N1CC[NH+](Cc2ccco2)CC1. The number of piperazine rings is 1. The molecule has 2 aromatic rings. The van der Waals surface area contributed by atoms with Gasteiger partial charge in [0.15, 0.2) is 5.76 Å². The van der Waals surface area contributed by atoms with Crippen molar-refractivity contribution in [2.24, 2.45) is 0 Å². The zero-order chi connectivity index (χ0) is 16.1. The molecule has 2 N–H and O–H groups in total. The van der Waals surface area contributed by atoms with Crippen LogP contribution in [0.15, 0.2) is 47.1 Å². The molecule has 122 valence electrons. The van der Waals surface area contributed by atoms with E-state index in [0.717, 1.165) is 50.6 Å². The summed E-state index contributed by atoms with van der Waals surface area (Å²) in [5, 5.41) is 3.05. The van der Waals surface area contributed by atoms with Gasteiger partial charge in [-0.1, -0.05) is 25.1 Å². The van der Waals surface area contributed by atoms with Gasteiger partial charge in [0.1, 0.15) is 6.54 Å². The van der Waals surface area contributed by atoms with E-state index >= 15 is 0 Å². The number of rotatable bonds is 4. The molecule has 0 atom stereocenters. The molecule has 0 radical (unpaired) electrons. The van der Waals surface area contributed by atoms with E-state index in [9.17, 15) is 4.79 Å². The lowest BCUT2D eigenvalue weighted by molar-refractivity contribution is -0.918. The fourth-order valence-electron chi connectivity index (χ4n) is 3.01. The second-order valence-corrected chi connectivity index (χ2v) is 5.93. The molecule has 5 heteroatoms. The standard InChI is InChI=1S/C18H23N3O2/c1-2-15-6-3-4-8-17(15)19-18(22)21-11-9-20(10-12-21)14-16-7-5-13-23-16/h3-8,13H,2,9-12,14H2,1H3,(H,19,22)/p+1. The summed E-state index contributed by atoms with van der Waals surface area (Å²) in [4.78, 5) is 15.8. The summed E-state index contributed by atoms with van der Waals surface area (Å²) < 4.78 is 5.40. The van der Waals surface area contributed by atoms with Gasteiger partial charge in [-0.3, -0.25) is 0 Å². The van der Waals surface area contributed by atoms with Crippen molar-refractivity contribution in [1.82, 2.24) is 4.90 Å². The number of hydrogen-bond acceptors (Lipinski definition) is 2. The minimum absolute atomic E-state index is 0.00273. The highest BCUT2D eigenvalue weighted by molar-refractivity contribution is 5.90. The smallest absolute Gasteiger partial charge is 0.322 e. The van der Waals surface area contributed by atoms with Gasteiger partial charge >= 0.3 is 6.03 Å². The average Bonchev–Trinajstić information content (AvgIpc) is 3.09. The molecular weight excluding hydrogens is 290 g/mol. The fourth-order valence-corrected chi connectivity index (χ4v) is 3.01. The first-order valence-corrected chi connectivity index (χ1v) is 8.26. The second-order valence-electron chi connectivity index (χ2n) is 5.93. The van der Waals surface area contributed by atoms with Gasteiger partial charge < -0.3 is 19.5 Å². The molecule has 5 nitrogen and oxygen atoms in total. The van der Waals surface area contributed by atoms with Crippen LogP contribution in [0.4, 0.5) is 10.5 Å². The number of hydrogen-bond donors (Lipinski definition) is 2. The monoisotopic (exact) mass is 314 g/mol. The highest BCUT2D eigenvalue weighted by Gasteiger charge is 2.24. The molecule has 1 aromatic carbocycles. The molecule has 3 rings (SSSR count). The van der Waals surface area contributed by atoms with Crippen LogP contribution in [0.2, 0.25) is 0 Å². The van der Waals surface area contributed by atoms with Gasteiger partial charge in [-0.05, 0) is 30.2 Å². The molecule has 1 aliphatic rings. The molecule has 0 saturated carbocycles. The van der Waals surface area contributed by atoms with Crippen molar-refractivity contribution in [2.75, 3.05) is 31.5 Å². The van der Waals surface area contributed by atoms with Crippen LogP contribution < -0.4 is 10.2 Å². The number of amides is 2. The third kappa shape index (κ3) is 3.93.